The third kappa shape index (κ3) is 10.2. The minimum absolute atomic E-state index is 0. The number of nitrogens with zero attached hydrogens (tertiary/aromatic N) is 1. The fourth-order valence-corrected chi connectivity index (χ4v) is 4.47. The van der Waals surface area contributed by atoms with Crippen molar-refractivity contribution in [1.82, 2.24) is 10.6 Å². The Labute approximate surface area is 168 Å². The third-order valence-corrected chi connectivity index (χ3v) is 6.23. The zero-order valence-corrected chi connectivity index (χ0v) is 19.3. The van der Waals surface area contributed by atoms with E-state index in [1.165, 1.54) is 19.3 Å². The molecule has 1 aliphatic rings. The molecule has 0 aromatic heterocycles. The summed E-state index contributed by atoms with van der Waals surface area (Å²) in [5.74, 6) is 1.67. The predicted molar refractivity (Wildman–Crippen MR) is 118 cm³/mol. The molecule has 1 saturated carbocycles. The van der Waals surface area contributed by atoms with Crippen LogP contribution in [0.4, 0.5) is 0 Å². The smallest absolute Gasteiger partial charge is 0.191 e. The molecule has 0 amide bonds. The summed E-state index contributed by atoms with van der Waals surface area (Å²) in [6.45, 7) is 9.86. The Morgan fingerprint density at radius 2 is 1.96 bits per heavy atom. The van der Waals surface area contributed by atoms with E-state index >= 15 is 0 Å². The number of rotatable bonds is 7. The molecule has 0 aromatic carbocycles. The maximum Gasteiger partial charge on any atom is 0.191 e. The number of unbranched alkanes of at least 4 members (excludes halogenated alkanes) is 1. The molecule has 1 fully saturated rings. The van der Waals surface area contributed by atoms with Crippen LogP contribution < -0.4 is 10.6 Å². The molecule has 1 rings (SSSR count). The molecule has 3 unspecified atom stereocenters. The van der Waals surface area contributed by atoms with Gasteiger partial charge in [0, 0.05) is 41.4 Å². The lowest BCUT2D eigenvalue weighted by Gasteiger charge is -2.30. The van der Waals surface area contributed by atoms with Crippen molar-refractivity contribution in [1.29, 1.82) is 0 Å². The summed E-state index contributed by atoms with van der Waals surface area (Å²) < 4.78 is 12.0. The van der Waals surface area contributed by atoms with Gasteiger partial charge in [-0.15, -0.1) is 24.0 Å². The number of nitrogens with one attached hydrogen (secondary N) is 2. The fourth-order valence-electron chi connectivity index (χ4n) is 3.13. The SMILES string of the molecule is CCS(=O)C1CCCC(NC(=NC)NCCCCC(C)(C)C)C1.I. The standard InChI is InChI=1S/C18H37N3OS.HI/c1-6-23(22)16-11-9-10-15(14-16)21-17(19-5)20-13-8-7-12-18(2,3)4;/h15-16H,6-14H2,1-5H3,(H2,19,20,21);1H. The summed E-state index contributed by atoms with van der Waals surface area (Å²) in [6, 6.07) is 0.407. The van der Waals surface area contributed by atoms with Crippen LogP contribution >= 0.6 is 24.0 Å². The van der Waals surface area contributed by atoms with Gasteiger partial charge in [0.2, 0.25) is 0 Å². The molecule has 4 nitrogen and oxygen atoms in total. The summed E-state index contributed by atoms with van der Waals surface area (Å²) in [6.07, 6.45) is 8.11. The summed E-state index contributed by atoms with van der Waals surface area (Å²) in [5.41, 5.74) is 0.423. The molecule has 0 spiro atoms. The normalized spacial score (nSPS) is 23.3. The molecule has 0 bridgehead atoms. The van der Waals surface area contributed by atoms with Crippen molar-refractivity contribution in [3.63, 3.8) is 0 Å². The van der Waals surface area contributed by atoms with Crippen molar-refractivity contribution < 1.29 is 4.21 Å². The van der Waals surface area contributed by atoms with Crippen molar-refractivity contribution in [2.45, 2.75) is 83.9 Å². The first-order valence-electron chi connectivity index (χ1n) is 9.20. The Morgan fingerprint density at radius 3 is 2.54 bits per heavy atom. The van der Waals surface area contributed by atoms with Crippen LogP contribution in [0.5, 0.6) is 0 Å². The zero-order chi connectivity index (χ0) is 17.3. The van der Waals surface area contributed by atoms with Crippen LogP contribution in [0.1, 0.15) is 72.6 Å². The first-order chi connectivity index (χ1) is 10.9. The van der Waals surface area contributed by atoms with E-state index in [1.807, 2.05) is 14.0 Å². The van der Waals surface area contributed by atoms with Crippen molar-refractivity contribution in [2.75, 3.05) is 19.3 Å². The summed E-state index contributed by atoms with van der Waals surface area (Å²) >= 11 is 0. The number of aliphatic imine (C=N–C) groups is 1. The molecule has 0 radical (unpaired) electrons. The quantitative estimate of drug-likeness (QED) is 0.255. The summed E-state index contributed by atoms with van der Waals surface area (Å²) in [7, 11) is 1.16. The Hall–Kier alpha value is 0.150. The molecule has 0 heterocycles. The van der Waals surface area contributed by atoms with Gasteiger partial charge in [0.05, 0.1) is 0 Å². The zero-order valence-electron chi connectivity index (χ0n) is 16.2. The van der Waals surface area contributed by atoms with E-state index in [1.54, 1.807) is 0 Å². The van der Waals surface area contributed by atoms with Gasteiger partial charge in [0.25, 0.3) is 0 Å². The largest absolute Gasteiger partial charge is 0.356 e. The van der Waals surface area contributed by atoms with E-state index in [0.29, 0.717) is 16.7 Å². The third-order valence-electron chi connectivity index (χ3n) is 4.49. The second-order valence-electron chi connectivity index (χ2n) is 7.82. The first kappa shape index (κ1) is 24.1. The van der Waals surface area contributed by atoms with Crippen LogP contribution in [-0.4, -0.2) is 40.8 Å². The second kappa shape index (κ2) is 12.5. The fraction of sp³-hybridized carbons (Fsp3) is 0.944. The van der Waals surface area contributed by atoms with Crippen molar-refractivity contribution in [3.8, 4) is 0 Å². The Kier molecular flexibility index (Phi) is 12.6. The molecule has 0 aromatic rings. The Balaban J connectivity index is 0.00000529. The number of hydrogen-bond acceptors (Lipinski definition) is 2. The van der Waals surface area contributed by atoms with E-state index in [4.69, 9.17) is 0 Å². The van der Waals surface area contributed by atoms with Gasteiger partial charge < -0.3 is 10.6 Å². The van der Waals surface area contributed by atoms with Crippen LogP contribution in [0.2, 0.25) is 0 Å². The van der Waals surface area contributed by atoms with Gasteiger partial charge in [0.15, 0.2) is 5.96 Å². The van der Waals surface area contributed by atoms with Gasteiger partial charge in [-0.3, -0.25) is 9.20 Å². The maximum absolute atomic E-state index is 12.0. The highest BCUT2D eigenvalue weighted by Crippen LogP contribution is 2.23. The van der Waals surface area contributed by atoms with Gasteiger partial charge >= 0.3 is 0 Å². The number of hydrogen-bond donors (Lipinski definition) is 2. The van der Waals surface area contributed by atoms with E-state index in [9.17, 15) is 4.21 Å². The minimum Gasteiger partial charge on any atom is -0.356 e. The number of halogens is 1. The highest BCUT2D eigenvalue weighted by molar-refractivity contribution is 14.0. The highest BCUT2D eigenvalue weighted by atomic mass is 127. The molecular formula is C18H38IN3OS. The Bertz CT molecular complexity index is 396. The number of guanidine groups is 1. The summed E-state index contributed by atoms with van der Waals surface area (Å²) in [4.78, 5) is 4.34. The van der Waals surface area contributed by atoms with E-state index < -0.39 is 10.8 Å². The topological polar surface area (TPSA) is 53.5 Å². The average Bonchev–Trinajstić information content (AvgIpc) is 2.51. The molecule has 2 N–H and O–H groups in total. The summed E-state index contributed by atoms with van der Waals surface area (Å²) in [5, 5.41) is 7.31. The van der Waals surface area contributed by atoms with Gasteiger partial charge in [0.1, 0.15) is 0 Å². The molecule has 3 atom stereocenters. The minimum atomic E-state index is -0.668. The van der Waals surface area contributed by atoms with Gasteiger partial charge in [-0.25, -0.2) is 0 Å². The average molecular weight is 471 g/mol. The molecule has 0 aliphatic heterocycles. The van der Waals surface area contributed by atoms with Crippen molar-refractivity contribution >= 4 is 40.7 Å². The molecule has 0 saturated heterocycles. The van der Waals surface area contributed by atoms with Gasteiger partial charge in [-0.05, 0) is 37.5 Å². The van der Waals surface area contributed by atoms with Crippen LogP contribution in [0.15, 0.2) is 4.99 Å². The second-order valence-corrected chi connectivity index (χ2v) is 9.82. The lowest BCUT2D eigenvalue weighted by atomic mass is 9.90. The van der Waals surface area contributed by atoms with Crippen LogP contribution in [0, 0.1) is 5.41 Å². The van der Waals surface area contributed by atoms with E-state index in [2.05, 4.69) is 36.4 Å². The first-order valence-corrected chi connectivity index (χ1v) is 10.6. The molecular weight excluding hydrogens is 433 g/mol. The predicted octanol–water partition coefficient (Wildman–Crippen LogP) is 4.07. The van der Waals surface area contributed by atoms with Crippen LogP contribution in [0.3, 0.4) is 0 Å². The Morgan fingerprint density at radius 1 is 1.25 bits per heavy atom. The molecule has 24 heavy (non-hydrogen) atoms. The highest BCUT2D eigenvalue weighted by Gasteiger charge is 2.25. The molecule has 6 heteroatoms. The monoisotopic (exact) mass is 471 g/mol. The lowest BCUT2D eigenvalue weighted by molar-refractivity contribution is 0.360. The van der Waals surface area contributed by atoms with E-state index in [0.717, 1.165) is 43.9 Å². The molecule has 144 valence electrons. The van der Waals surface area contributed by atoms with Crippen molar-refractivity contribution in [2.24, 2.45) is 10.4 Å². The van der Waals surface area contributed by atoms with Gasteiger partial charge in [-0.2, -0.15) is 0 Å². The van der Waals surface area contributed by atoms with Crippen molar-refractivity contribution in [3.05, 3.63) is 0 Å². The van der Waals surface area contributed by atoms with Crippen LogP contribution in [0.25, 0.3) is 0 Å². The maximum atomic E-state index is 12.0. The van der Waals surface area contributed by atoms with E-state index in [-0.39, 0.29) is 24.0 Å². The van der Waals surface area contributed by atoms with Gasteiger partial charge in [-0.1, -0.05) is 40.5 Å². The van der Waals surface area contributed by atoms with Crippen LogP contribution in [-0.2, 0) is 10.8 Å². The lowest BCUT2D eigenvalue weighted by Crippen LogP contribution is -2.46. The molecule has 1 aliphatic carbocycles.